The van der Waals surface area contributed by atoms with Crippen LogP contribution in [0.2, 0.25) is 0 Å². The summed E-state index contributed by atoms with van der Waals surface area (Å²) < 4.78 is 0. The second kappa shape index (κ2) is 6.54. The number of aromatic nitrogens is 1. The lowest BCUT2D eigenvalue weighted by Gasteiger charge is -2.12. The molecule has 1 amide bonds. The molecule has 0 aliphatic carbocycles. The molecule has 0 radical (unpaired) electrons. The van der Waals surface area contributed by atoms with E-state index in [2.05, 4.69) is 25.9 Å². The Kier molecular flexibility index (Phi) is 4.52. The highest BCUT2D eigenvalue weighted by atomic mass is 32.1. The molecule has 1 unspecified atom stereocenters. The molecule has 1 aromatic heterocycles. The Balaban J connectivity index is 1.43. The van der Waals surface area contributed by atoms with E-state index in [-0.39, 0.29) is 11.8 Å². The zero-order chi connectivity index (χ0) is 13.8. The SMILES string of the molecule is O=C(NCCc1csc(N2CCCC2)n1)C1CCNC1. The van der Waals surface area contributed by atoms with Gasteiger partial charge < -0.3 is 15.5 Å². The molecule has 2 aliphatic heterocycles. The second-order valence-electron chi connectivity index (χ2n) is 5.55. The highest BCUT2D eigenvalue weighted by Gasteiger charge is 2.21. The summed E-state index contributed by atoms with van der Waals surface area (Å²) in [6.07, 6.45) is 4.35. The van der Waals surface area contributed by atoms with Crippen molar-refractivity contribution in [2.24, 2.45) is 5.92 Å². The Morgan fingerprint density at radius 1 is 1.50 bits per heavy atom. The van der Waals surface area contributed by atoms with Crippen molar-refractivity contribution in [2.45, 2.75) is 25.7 Å². The Morgan fingerprint density at radius 3 is 3.10 bits per heavy atom. The zero-order valence-corrected chi connectivity index (χ0v) is 12.5. The fraction of sp³-hybridized carbons (Fsp3) is 0.714. The molecule has 2 saturated heterocycles. The van der Waals surface area contributed by atoms with Crippen LogP contribution >= 0.6 is 11.3 Å². The molecule has 0 aromatic carbocycles. The first-order valence-corrected chi connectivity index (χ1v) is 8.38. The van der Waals surface area contributed by atoms with Crippen molar-refractivity contribution in [2.75, 3.05) is 37.6 Å². The zero-order valence-electron chi connectivity index (χ0n) is 11.7. The van der Waals surface area contributed by atoms with Crippen molar-refractivity contribution < 1.29 is 4.79 Å². The minimum absolute atomic E-state index is 0.158. The highest BCUT2D eigenvalue weighted by Crippen LogP contribution is 2.24. The lowest BCUT2D eigenvalue weighted by atomic mass is 10.1. The average Bonchev–Trinajstić information content (AvgIpc) is 3.20. The molecule has 2 fully saturated rings. The first kappa shape index (κ1) is 13.8. The highest BCUT2D eigenvalue weighted by molar-refractivity contribution is 7.13. The van der Waals surface area contributed by atoms with Gasteiger partial charge in [0.05, 0.1) is 11.6 Å². The Hall–Kier alpha value is -1.14. The van der Waals surface area contributed by atoms with E-state index in [1.165, 1.54) is 12.8 Å². The summed E-state index contributed by atoms with van der Waals surface area (Å²) in [6, 6.07) is 0. The largest absolute Gasteiger partial charge is 0.355 e. The smallest absolute Gasteiger partial charge is 0.224 e. The first-order chi connectivity index (χ1) is 9.83. The number of thiazole rings is 1. The second-order valence-corrected chi connectivity index (χ2v) is 6.38. The third kappa shape index (κ3) is 3.30. The maximum Gasteiger partial charge on any atom is 0.224 e. The van der Waals surface area contributed by atoms with Crippen LogP contribution in [0.3, 0.4) is 0 Å². The molecule has 3 heterocycles. The number of amides is 1. The van der Waals surface area contributed by atoms with E-state index in [1.54, 1.807) is 11.3 Å². The monoisotopic (exact) mass is 294 g/mol. The van der Waals surface area contributed by atoms with Crippen LogP contribution in [0.25, 0.3) is 0 Å². The number of anilines is 1. The van der Waals surface area contributed by atoms with Gasteiger partial charge in [-0.1, -0.05) is 0 Å². The number of rotatable bonds is 5. The van der Waals surface area contributed by atoms with Gasteiger partial charge in [-0.25, -0.2) is 4.98 Å². The molecule has 110 valence electrons. The lowest BCUT2D eigenvalue weighted by Crippen LogP contribution is -2.33. The van der Waals surface area contributed by atoms with Crippen LogP contribution in [0, 0.1) is 5.92 Å². The average molecular weight is 294 g/mol. The topological polar surface area (TPSA) is 57.3 Å². The summed E-state index contributed by atoms with van der Waals surface area (Å²) in [4.78, 5) is 18.9. The van der Waals surface area contributed by atoms with Crippen molar-refractivity contribution >= 4 is 22.4 Å². The third-order valence-electron chi connectivity index (χ3n) is 4.03. The van der Waals surface area contributed by atoms with Crippen molar-refractivity contribution in [3.8, 4) is 0 Å². The van der Waals surface area contributed by atoms with E-state index in [4.69, 9.17) is 0 Å². The fourth-order valence-corrected chi connectivity index (χ4v) is 3.71. The minimum atomic E-state index is 0.158. The molecule has 2 N–H and O–H groups in total. The number of nitrogens with zero attached hydrogens (tertiary/aromatic N) is 2. The predicted octanol–water partition coefficient (Wildman–Crippen LogP) is 1.01. The minimum Gasteiger partial charge on any atom is -0.355 e. The van der Waals surface area contributed by atoms with Crippen LogP contribution in [0.4, 0.5) is 5.13 Å². The lowest BCUT2D eigenvalue weighted by molar-refractivity contribution is -0.124. The van der Waals surface area contributed by atoms with E-state index in [9.17, 15) is 4.79 Å². The molecule has 0 bridgehead atoms. The van der Waals surface area contributed by atoms with Gasteiger partial charge in [-0.2, -0.15) is 0 Å². The molecule has 2 aliphatic rings. The van der Waals surface area contributed by atoms with Gasteiger partial charge in [0.1, 0.15) is 0 Å². The summed E-state index contributed by atoms with van der Waals surface area (Å²) in [5.74, 6) is 0.343. The summed E-state index contributed by atoms with van der Waals surface area (Å²) in [5.41, 5.74) is 1.10. The van der Waals surface area contributed by atoms with E-state index in [1.807, 2.05) is 0 Å². The summed E-state index contributed by atoms with van der Waals surface area (Å²) >= 11 is 1.72. The van der Waals surface area contributed by atoms with Gasteiger partial charge in [-0.05, 0) is 25.8 Å². The van der Waals surface area contributed by atoms with Gasteiger partial charge in [0.15, 0.2) is 5.13 Å². The molecule has 1 atom stereocenters. The Bertz CT molecular complexity index is 450. The standard InChI is InChI=1S/C14H22N4OS/c19-13(11-3-5-15-9-11)16-6-4-12-10-20-14(17-12)18-7-1-2-8-18/h10-11,15H,1-9H2,(H,16,19). The van der Waals surface area contributed by atoms with Gasteiger partial charge in [-0.3, -0.25) is 4.79 Å². The maximum atomic E-state index is 11.9. The number of hydrogen-bond donors (Lipinski definition) is 2. The Morgan fingerprint density at radius 2 is 2.35 bits per heavy atom. The predicted molar refractivity (Wildman–Crippen MR) is 81.3 cm³/mol. The van der Waals surface area contributed by atoms with Crippen LogP contribution in [-0.4, -0.2) is 43.6 Å². The van der Waals surface area contributed by atoms with Crippen LogP contribution in [-0.2, 0) is 11.2 Å². The Labute approximate surface area is 123 Å². The molecule has 20 heavy (non-hydrogen) atoms. The molecular formula is C14H22N4OS. The number of nitrogens with one attached hydrogen (secondary N) is 2. The molecule has 3 rings (SSSR count). The normalized spacial score (nSPS) is 22.4. The molecule has 6 heteroatoms. The van der Waals surface area contributed by atoms with Gasteiger partial charge in [0.25, 0.3) is 0 Å². The van der Waals surface area contributed by atoms with Crippen LogP contribution in [0.15, 0.2) is 5.38 Å². The number of hydrogen-bond acceptors (Lipinski definition) is 5. The van der Waals surface area contributed by atoms with E-state index >= 15 is 0 Å². The number of carbonyl (C=O) groups excluding carboxylic acids is 1. The number of carbonyl (C=O) groups is 1. The van der Waals surface area contributed by atoms with Crippen LogP contribution in [0.5, 0.6) is 0 Å². The third-order valence-corrected chi connectivity index (χ3v) is 4.98. The quantitative estimate of drug-likeness (QED) is 0.851. The molecular weight excluding hydrogens is 272 g/mol. The summed E-state index contributed by atoms with van der Waals surface area (Å²) in [5, 5.41) is 9.51. The van der Waals surface area contributed by atoms with Crippen molar-refractivity contribution in [1.82, 2.24) is 15.6 Å². The fourth-order valence-electron chi connectivity index (χ4n) is 2.80. The van der Waals surface area contributed by atoms with E-state index in [0.717, 1.165) is 49.8 Å². The van der Waals surface area contributed by atoms with E-state index < -0.39 is 0 Å². The van der Waals surface area contributed by atoms with Crippen LogP contribution in [0.1, 0.15) is 25.0 Å². The van der Waals surface area contributed by atoms with Gasteiger partial charge in [0.2, 0.25) is 5.91 Å². The van der Waals surface area contributed by atoms with Gasteiger partial charge in [-0.15, -0.1) is 11.3 Å². The maximum absolute atomic E-state index is 11.9. The molecule has 1 aromatic rings. The molecule has 5 nitrogen and oxygen atoms in total. The summed E-state index contributed by atoms with van der Waals surface area (Å²) in [6.45, 7) is 4.75. The van der Waals surface area contributed by atoms with Crippen molar-refractivity contribution in [3.63, 3.8) is 0 Å². The van der Waals surface area contributed by atoms with Crippen LogP contribution < -0.4 is 15.5 Å². The van der Waals surface area contributed by atoms with Gasteiger partial charge in [0, 0.05) is 38.0 Å². The summed E-state index contributed by atoms with van der Waals surface area (Å²) in [7, 11) is 0. The van der Waals surface area contributed by atoms with Gasteiger partial charge >= 0.3 is 0 Å². The van der Waals surface area contributed by atoms with E-state index in [0.29, 0.717) is 6.54 Å². The molecule has 0 spiro atoms. The van der Waals surface area contributed by atoms with Crippen molar-refractivity contribution in [3.05, 3.63) is 11.1 Å². The first-order valence-electron chi connectivity index (χ1n) is 7.51. The molecule has 0 saturated carbocycles. The van der Waals surface area contributed by atoms with Crippen molar-refractivity contribution in [1.29, 1.82) is 0 Å².